The van der Waals surface area contributed by atoms with Gasteiger partial charge >= 0.3 is 6.03 Å². The van der Waals surface area contributed by atoms with Crippen LogP contribution in [0.2, 0.25) is 0 Å². The molecule has 1 fully saturated rings. The zero-order valence-electron chi connectivity index (χ0n) is 14.5. The van der Waals surface area contributed by atoms with Crippen molar-refractivity contribution in [1.82, 2.24) is 30.3 Å². The average molecular weight is 324 g/mol. The highest BCUT2D eigenvalue weighted by molar-refractivity contribution is 5.74. The predicted octanol–water partition coefficient (Wildman–Crippen LogP) is 0.676. The average Bonchev–Trinajstić information content (AvgIpc) is 2.99. The van der Waals surface area contributed by atoms with Crippen LogP contribution in [-0.2, 0) is 11.8 Å². The van der Waals surface area contributed by atoms with E-state index >= 15 is 0 Å². The summed E-state index contributed by atoms with van der Waals surface area (Å²) in [5.41, 5.74) is -0.0604. The van der Waals surface area contributed by atoms with Gasteiger partial charge in [-0.05, 0) is 20.3 Å². The summed E-state index contributed by atoms with van der Waals surface area (Å²) >= 11 is 0. The molecule has 130 valence electrons. The highest BCUT2D eigenvalue weighted by Crippen LogP contribution is 2.20. The lowest BCUT2D eigenvalue weighted by Gasteiger charge is -2.43. The van der Waals surface area contributed by atoms with Crippen LogP contribution in [0.15, 0.2) is 6.33 Å². The first kappa shape index (κ1) is 17.7. The Labute approximate surface area is 137 Å². The molecule has 2 atom stereocenters. The zero-order chi connectivity index (χ0) is 16.9. The molecule has 0 aliphatic carbocycles. The molecule has 2 N–H and O–H groups in total. The molecule has 1 aliphatic rings. The van der Waals surface area contributed by atoms with Crippen molar-refractivity contribution in [1.29, 1.82) is 0 Å². The van der Waals surface area contributed by atoms with E-state index in [9.17, 15) is 4.79 Å². The number of ether oxygens (including phenoxy) is 1. The fourth-order valence-corrected chi connectivity index (χ4v) is 2.83. The smallest absolute Gasteiger partial charge is 0.315 e. The van der Waals surface area contributed by atoms with E-state index < -0.39 is 0 Å². The highest BCUT2D eigenvalue weighted by Gasteiger charge is 2.31. The van der Waals surface area contributed by atoms with E-state index in [2.05, 4.69) is 39.6 Å². The summed E-state index contributed by atoms with van der Waals surface area (Å²) < 4.78 is 7.21. The molecule has 0 unspecified atom stereocenters. The van der Waals surface area contributed by atoms with Crippen molar-refractivity contribution in [3.63, 3.8) is 0 Å². The quantitative estimate of drug-likeness (QED) is 0.804. The Hall–Kier alpha value is -1.67. The number of hydrogen-bond donors (Lipinski definition) is 2. The molecule has 1 aromatic heterocycles. The number of hydrogen-bond acceptors (Lipinski definition) is 5. The summed E-state index contributed by atoms with van der Waals surface area (Å²) in [4.78, 5) is 14.6. The van der Waals surface area contributed by atoms with Crippen molar-refractivity contribution in [3.8, 4) is 0 Å². The first-order valence-electron chi connectivity index (χ1n) is 8.17. The van der Waals surface area contributed by atoms with Gasteiger partial charge in [-0.1, -0.05) is 6.92 Å². The minimum absolute atomic E-state index is 0.0604. The van der Waals surface area contributed by atoms with Crippen molar-refractivity contribution in [2.45, 2.75) is 38.8 Å². The standard InChI is InChI=1S/C15H28N6O2/c1-5-15(3,21-6-8-23-9-7-21)10-16-14(22)18-12(2)13-19-17-11-20(13)4/h11-12H,5-10H2,1-4H3,(H2,16,18,22)/t12-,15+/m0/s1. The number of amides is 2. The van der Waals surface area contributed by atoms with Gasteiger partial charge in [0.15, 0.2) is 5.82 Å². The number of urea groups is 1. The Morgan fingerprint density at radius 1 is 1.48 bits per heavy atom. The number of aromatic nitrogens is 3. The summed E-state index contributed by atoms with van der Waals surface area (Å²) in [6.45, 7) is 10.1. The van der Waals surface area contributed by atoms with Crippen LogP contribution in [0.3, 0.4) is 0 Å². The van der Waals surface area contributed by atoms with Crippen LogP contribution in [0.1, 0.15) is 39.1 Å². The Morgan fingerprint density at radius 2 is 2.17 bits per heavy atom. The van der Waals surface area contributed by atoms with Crippen molar-refractivity contribution >= 4 is 6.03 Å². The second-order valence-electron chi connectivity index (χ2n) is 6.30. The van der Waals surface area contributed by atoms with E-state index in [4.69, 9.17) is 4.74 Å². The van der Waals surface area contributed by atoms with Gasteiger partial charge in [-0.15, -0.1) is 10.2 Å². The van der Waals surface area contributed by atoms with Gasteiger partial charge in [-0.25, -0.2) is 4.79 Å². The van der Waals surface area contributed by atoms with E-state index in [1.165, 1.54) is 0 Å². The van der Waals surface area contributed by atoms with Crippen molar-refractivity contribution < 1.29 is 9.53 Å². The SMILES string of the molecule is CC[C@](C)(CNC(=O)N[C@@H](C)c1nncn1C)N1CCOCC1. The number of aryl methyl sites for hydroxylation is 1. The number of nitrogens with one attached hydrogen (secondary N) is 2. The van der Waals surface area contributed by atoms with Gasteiger partial charge in [0.05, 0.1) is 19.3 Å². The van der Waals surface area contributed by atoms with Crippen LogP contribution in [-0.4, -0.2) is 64.1 Å². The molecule has 2 heterocycles. The summed E-state index contributed by atoms with van der Waals surface area (Å²) in [5.74, 6) is 0.728. The van der Waals surface area contributed by atoms with Crippen LogP contribution in [0.25, 0.3) is 0 Å². The Bertz CT molecular complexity index is 514. The van der Waals surface area contributed by atoms with Crippen LogP contribution >= 0.6 is 0 Å². The van der Waals surface area contributed by atoms with Gasteiger partial charge in [-0.3, -0.25) is 4.90 Å². The van der Waals surface area contributed by atoms with E-state index in [1.807, 2.05) is 14.0 Å². The summed E-state index contributed by atoms with van der Waals surface area (Å²) in [7, 11) is 1.86. The maximum absolute atomic E-state index is 12.2. The molecule has 8 heteroatoms. The molecule has 2 amide bonds. The topological polar surface area (TPSA) is 84.3 Å². The number of morpholine rings is 1. The largest absolute Gasteiger partial charge is 0.379 e. The van der Waals surface area contributed by atoms with Gasteiger partial charge in [0.25, 0.3) is 0 Å². The third-order valence-corrected chi connectivity index (χ3v) is 4.65. The summed E-state index contributed by atoms with van der Waals surface area (Å²) in [5, 5.41) is 13.7. The number of rotatable bonds is 6. The van der Waals surface area contributed by atoms with Crippen LogP contribution < -0.4 is 10.6 Å². The first-order valence-corrected chi connectivity index (χ1v) is 8.17. The van der Waals surface area contributed by atoms with E-state index in [-0.39, 0.29) is 17.6 Å². The number of nitrogens with zero attached hydrogens (tertiary/aromatic N) is 4. The Morgan fingerprint density at radius 3 is 2.74 bits per heavy atom. The van der Waals surface area contributed by atoms with Gasteiger partial charge in [0, 0.05) is 32.2 Å². The molecule has 0 bridgehead atoms. The normalized spacial score (nSPS) is 19.8. The van der Waals surface area contributed by atoms with Crippen LogP contribution in [0.5, 0.6) is 0 Å². The van der Waals surface area contributed by atoms with Crippen molar-refractivity contribution in [3.05, 3.63) is 12.2 Å². The molecular weight excluding hydrogens is 296 g/mol. The molecule has 23 heavy (non-hydrogen) atoms. The van der Waals surface area contributed by atoms with E-state index in [1.54, 1.807) is 10.9 Å². The molecule has 8 nitrogen and oxygen atoms in total. The minimum Gasteiger partial charge on any atom is -0.379 e. The van der Waals surface area contributed by atoms with Crippen molar-refractivity contribution in [2.24, 2.45) is 7.05 Å². The fourth-order valence-electron chi connectivity index (χ4n) is 2.83. The maximum atomic E-state index is 12.2. The predicted molar refractivity (Wildman–Crippen MR) is 87.0 cm³/mol. The monoisotopic (exact) mass is 324 g/mol. The molecule has 0 spiro atoms. The zero-order valence-corrected chi connectivity index (χ0v) is 14.5. The van der Waals surface area contributed by atoms with Gasteiger partial charge in [0.2, 0.25) is 0 Å². The first-order chi connectivity index (χ1) is 11.0. The lowest BCUT2D eigenvalue weighted by Crippen LogP contribution is -2.57. The molecule has 1 aliphatic heterocycles. The second kappa shape index (κ2) is 7.74. The van der Waals surface area contributed by atoms with Gasteiger partial charge in [-0.2, -0.15) is 0 Å². The Kier molecular flexibility index (Phi) is 5.95. The highest BCUT2D eigenvalue weighted by atomic mass is 16.5. The molecule has 0 radical (unpaired) electrons. The van der Waals surface area contributed by atoms with Gasteiger partial charge < -0.3 is 19.9 Å². The molecule has 1 saturated heterocycles. The van der Waals surface area contributed by atoms with Crippen LogP contribution in [0, 0.1) is 0 Å². The van der Waals surface area contributed by atoms with E-state index in [0.29, 0.717) is 6.54 Å². The molecule has 0 saturated carbocycles. The maximum Gasteiger partial charge on any atom is 0.315 e. The lowest BCUT2D eigenvalue weighted by molar-refractivity contribution is -0.0165. The third kappa shape index (κ3) is 4.42. The Balaban J connectivity index is 1.85. The van der Waals surface area contributed by atoms with Gasteiger partial charge in [0.1, 0.15) is 6.33 Å². The summed E-state index contributed by atoms with van der Waals surface area (Å²) in [6.07, 6.45) is 2.59. The summed E-state index contributed by atoms with van der Waals surface area (Å²) in [6, 6.07) is -0.382. The minimum atomic E-state index is -0.196. The molecule has 2 rings (SSSR count). The second-order valence-corrected chi connectivity index (χ2v) is 6.30. The molecule has 0 aromatic carbocycles. The lowest BCUT2D eigenvalue weighted by atomic mass is 9.95. The molecular formula is C15H28N6O2. The molecule has 1 aromatic rings. The fraction of sp³-hybridized carbons (Fsp3) is 0.800. The van der Waals surface area contributed by atoms with Crippen molar-refractivity contribution in [2.75, 3.05) is 32.8 Å². The third-order valence-electron chi connectivity index (χ3n) is 4.65. The number of carbonyl (C=O) groups is 1. The van der Waals surface area contributed by atoms with E-state index in [0.717, 1.165) is 38.5 Å². The number of carbonyl (C=O) groups excluding carboxylic acids is 1. The van der Waals surface area contributed by atoms with Crippen LogP contribution in [0.4, 0.5) is 4.79 Å².